The van der Waals surface area contributed by atoms with Gasteiger partial charge in [0.05, 0.1) is 12.7 Å². The van der Waals surface area contributed by atoms with Crippen LogP contribution in [0.5, 0.6) is 0 Å². The molecular weight excluding hydrogens is 169 g/mol. The first-order valence-corrected chi connectivity index (χ1v) is 3.82. The third-order valence-electron chi connectivity index (χ3n) is 1.72. The summed E-state index contributed by atoms with van der Waals surface area (Å²) in [5.41, 5.74) is 0. The number of piperidine rings is 1. The first-order valence-electron chi connectivity index (χ1n) is 3.82. The highest BCUT2D eigenvalue weighted by Gasteiger charge is 2.11. The average molecular weight is 184 g/mol. The lowest BCUT2D eigenvalue weighted by Crippen LogP contribution is -2.32. The lowest BCUT2D eigenvalue weighted by molar-refractivity contribution is 0.0256. The lowest BCUT2D eigenvalue weighted by Gasteiger charge is -2.22. The van der Waals surface area contributed by atoms with Gasteiger partial charge in [0.1, 0.15) is 6.67 Å². The minimum absolute atomic E-state index is 0. The smallest absolute Gasteiger partial charge is 0.113 e. The highest BCUT2D eigenvalue weighted by molar-refractivity contribution is 5.85. The molecule has 0 aliphatic carbocycles. The molecule has 2 nitrogen and oxygen atoms in total. The van der Waals surface area contributed by atoms with Crippen LogP contribution in [-0.2, 0) is 4.74 Å². The average Bonchev–Trinajstić information content (AvgIpc) is 2.03. The van der Waals surface area contributed by atoms with Gasteiger partial charge in [0, 0.05) is 0 Å². The second-order valence-electron chi connectivity index (χ2n) is 2.51. The zero-order valence-corrected chi connectivity index (χ0v) is 7.33. The zero-order chi connectivity index (χ0) is 7.23. The van der Waals surface area contributed by atoms with Crippen LogP contribution in [0.3, 0.4) is 0 Å². The van der Waals surface area contributed by atoms with Gasteiger partial charge in [-0.25, -0.2) is 4.39 Å². The van der Waals surface area contributed by atoms with E-state index in [1.807, 2.05) is 0 Å². The van der Waals surface area contributed by atoms with Gasteiger partial charge in [-0.2, -0.15) is 0 Å². The second-order valence-corrected chi connectivity index (χ2v) is 2.51. The van der Waals surface area contributed by atoms with Crippen molar-refractivity contribution in [3.05, 3.63) is 0 Å². The number of hydrogen-bond acceptors (Lipinski definition) is 2. The third-order valence-corrected chi connectivity index (χ3v) is 1.72. The molecule has 1 saturated heterocycles. The van der Waals surface area contributed by atoms with Crippen molar-refractivity contribution < 1.29 is 9.13 Å². The van der Waals surface area contributed by atoms with E-state index in [0.29, 0.717) is 6.10 Å². The number of rotatable bonds is 3. The van der Waals surface area contributed by atoms with Crippen molar-refractivity contribution >= 4 is 12.4 Å². The van der Waals surface area contributed by atoms with Gasteiger partial charge in [0.15, 0.2) is 0 Å². The molecule has 0 aromatic rings. The molecule has 4 heteroatoms. The van der Waals surface area contributed by atoms with Crippen LogP contribution in [0.4, 0.5) is 4.39 Å². The van der Waals surface area contributed by atoms with Crippen LogP contribution in [0.15, 0.2) is 0 Å². The highest BCUT2D eigenvalue weighted by Crippen LogP contribution is 2.06. The number of hydrogen-bond donors (Lipinski definition) is 1. The van der Waals surface area contributed by atoms with E-state index in [-0.39, 0.29) is 25.7 Å². The largest absolute Gasteiger partial charge is 0.375 e. The van der Waals surface area contributed by atoms with E-state index in [1.54, 1.807) is 0 Å². The molecule has 0 aromatic heterocycles. The van der Waals surface area contributed by atoms with Gasteiger partial charge < -0.3 is 10.1 Å². The SMILES string of the molecule is Cl.FCCOC1CCNCC1. The molecule has 1 N–H and O–H groups in total. The van der Waals surface area contributed by atoms with E-state index in [0.717, 1.165) is 25.9 Å². The van der Waals surface area contributed by atoms with Crippen LogP contribution >= 0.6 is 12.4 Å². The highest BCUT2D eigenvalue weighted by atomic mass is 35.5. The predicted octanol–water partition coefficient (Wildman–Crippen LogP) is 1.15. The summed E-state index contributed by atoms with van der Waals surface area (Å²) < 4.78 is 16.8. The van der Waals surface area contributed by atoms with Crippen LogP contribution in [0.25, 0.3) is 0 Å². The van der Waals surface area contributed by atoms with Gasteiger partial charge in [-0.3, -0.25) is 0 Å². The van der Waals surface area contributed by atoms with Gasteiger partial charge in [-0.15, -0.1) is 12.4 Å². The molecule has 0 atom stereocenters. The number of nitrogens with one attached hydrogen (secondary N) is 1. The molecule has 1 aliphatic rings. The Morgan fingerprint density at radius 3 is 2.55 bits per heavy atom. The maximum Gasteiger partial charge on any atom is 0.113 e. The topological polar surface area (TPSA) is 21.3 Å². The molecule has 0 saturated carbocycles. The Labute approximate surface area is 72.9 Å². The summed E-state index contributed by atoms with van der Waals surface area (Å²) in [7, 11) is 0. The van der Waals surface area contributed by atoms with Crippen molar-refractivity contribution in [2.24, 2.45) is 0 Å². The summed E-state index contributed by atoms with van der Waals surface area (Å²) in [4.78, 5) is 0. The quantitative estimate of drug-likeness (QED) is 0.709. The van der Waals surface area contributed by atoms with Crippen LogP contribution in [0.1, 0.15) is 12.8 Å². The van der Waals surface area contributed by atoms with E-state index in [4.69, 9.17) is 4.74 Å². The van der Waals surface area contributed by atoms with Gasteiger partial charge in [-0.1, -0.05) is 0 Å². The van der Waals surface area contributed by atoms with Crippen molar-refractivity contribution in [2.45, 2.75) is 18.9 Å². The molecule has 0 aromatic carbocycles. The van der Waals surface area contributed by atoms with Crippen molar-refractivity contribution in [1.29, 1.82) is 0 Å². The van der Waals surface area contributed by atoms with E-state index in [9.17, 15) is 4.39 Å². The maximum atomic E-state index is 11.6. The van der Waals surface area contributed by atoms with E-state index in [1.165, 1.54) is 0 Å². The molecular formula is C7H15ClFNO. The molecule has 1 heterocycles. The summed E-state index contributed by atoms with van der Waals surface area (Å²) in [6, 6.07) is 0. The molecule has 1 rings (SSSR count). The standard InChI is InChI=1S/C7H14FNO.ClH/c8-3-6-10-7-1-4-9-5-2-7;/h7,9H,1-6H2;1H. The summed E-state index contributed by atoms with van der Waals surface area (Å²) in [5, 5.41) is 3.22. The fourth-order valence-corrected chi connectivity index (χ4v) is 1.17. The zero-order valence-electron chi connectivity index (χ0n) is 6.51. The molecule has 0 spiro atoms. The second kappa shape index (κ2) is 6.83. The predicted molar refractivity (Wildman–Crippen MR) is 45.1 cm³/mol. The molecule has 0 bridgehead atoms. The van der Waals surface area contributed by atoms with E-state index >= 15 is 0 Å². The molecule has 1 aliphatic heterocycles. The molecule has 0 unspecified atom stereocenters. The first-order chi connectivity index (χ1) is 4.93. The van der Waals surface area contributed by atoms with Gasteiger partial charge >= 0.3 is 0 Å². The van der Waals surface area contributed by atoms with Crippen LogP contribution in [0.2, 0.25) is 0 Å². The molecule has 0 radical (unpaired) electrons. The molecule has 0 amide bonds. The summed E-state index contributed by atoms with van der Waals surface area (Å²) in [6.45, 7) is 1.93. The third kappa shape index (κ3) is 4.56. The van der Waals surface area contributed by atoms with Gasteiger partial charge in [-0.05, 0) is 25.9 Å². The Morgan fingerprint density at radius 1 is 1.36 bits per heavy atom. The summed E-state index contributed by atoms with van der Waals surface area (Å²) in [5.74, 6) is 0. The Hall–Kier alpha value is 0.140. The number of halogens is 2. The van der Waals surface area contributed by atoms with E-state index in [2.05, 4.69) is 5.32 Å². The number of ether oxygens (including phenoxy) is 1. The normalized spacial score (nSPS) is 19.4. The van der Waals surface area contributed by atoms with Gasteiger partial charge in [0.2, 0.25) is 0 Å². The van der Waals surface area contributed by atoms with Crippen LogP contribution < -0.4 is 5.32 Å². The lowest BCUT2D eigenvalue weighted by atomic mass is 10.1. The minimum atomic E-state index is -0.357. The minimum Gasteiger partial charge on any atom is -0.375 e. The van der Waals surface area contributed by atoms with Crippen molar-refractivity contribution in [3.63, 3.8) is 0 Å². The van der Waals surface area contributed by atoms with Crippen molar-refractivity contribution in [2.75, 3.05) is 26.4 Å². The molecule has 11 heavy (non-hydrogen) atoms. The summed E-state index contributed by atoms with van der Waals surface area (Å²) in [6.07, 6.45) is 2.36. The van der Waals surface area contributed by atoms with Gasteiger partial charge in [0.25, 0.3) is 0 Å². The Bertz CT molecular complexity index is 88.5. The Kier molecular flexibility index (Phi) is 6.91. The first kappa shape index (κ1) is 11.1. The fraction of sp³-hybridized carbons (Fsp3) is 1.00. The van der Waals surface area contributed by atoms with Crippen LogP contribution in [0, 0.1) is 0 Å². The Balaban J connectivity index is 0.000001000. The molecule has 68 valence electrons. The van der Waals surface area contributed by atoms with Crippen LogP contribution in [-0.4, -0.2) is 32.5 Å². The number of alkyl halides is 1. The summed E-state index contributed by atoms with van der Waals surface area (Å²) >= 11 is 0. The molecule has 1 fully saturated rings. The monoisotopic (exact) mass is 183 g/mol. The fourth-order valence-electron chi connectivity index (χ4n) is 1.17. The van der Waals surface area contributed by atoms with Crippen molar-refractivity contribution in [3.8, 4) is 0 Å². The van der Waals surface area contributed by atoms with E-state index < -0.39 is 0 Å². The Morgan fingerprint density at radius 2 is 2.00 bits per heavy atom. The maximum absolute atomic E-state index is 11.6. The van der Waals surface area contributed by atoms with Crippen molar-refractivity contribution in [1.82, 2.24) is 5.32 Å².